The van der Waals surface area contributed by atoms with Crippen molar-refractivity contribution in [1.82, 2.24) is 0 Å². The Kier molecular flexibility index (Phi) is 8.03. The van der Waals surface area contributed by atoms with E-state index in [4.69, 9.17) is 18.9 Å². The molecule has 1 fully saturated rings. The molecular formula is C13H16INO7S. The topological polar surface area (TPSA) is 100 Å². The summed E-state index contributed by atoms with van der Waals surface area (Å²) in [5.41, 5.74) is 0. The molecule has 0 saturated carbocycles. The van der Waals surface area contributed by atoms with Gasteiger partial charge in [-0.2, -0.15) is 4.99 Å². The third kappa shape index (κ3) is 6.13. The predicted octanol–water partition coefficient (Wildman–Crippen LogP) is 1.04. The second-order valence-electron chi connectivity index (χ2n) is 4.68. The zero-order valence-electron chi connectivity index (χ0n) is 12.7. The SMILES string of the molecule is CC(=O)OC[C@H]1O[C@@H](N=C=S)[C@H](I)[C@@H](OC(C)=O)[C@@H]1OC(C)=O. The monoisotopic (exact) mass is 457 g/mol. The van der Waals surface area contributed by atoms with Gasteiger partial charge in [-0.15, -0.1) is 0 Å². The van der Waals surface area contributed by atoms with Crippen molar-refractivity contribution < 1.29 is 33.3 Å². The molecule has 8 nitrogen and oxygen atoms in total. The van der Waals surface area contributed by atoms with Crippen molar-refractivity contribution in [2.75, 3.05) is 6.61 Å². The van der Waals surface area contributed by atoms with E-state index in [1.54, 1.807) is 0 Å². The summed E-state index contributed by atoms with van der Waals surface area (Å²) in [6.45, 7) is 3.51. The lowest BCUT2D eigenvalue weighted by Gasteiger charge is -2.41. The van der Waals surface area contributed by atoms with E-state index in [0.29, 0.717) is 0 Å². The summed E-state index contributed by atoms with van der Waals surface area (Å²) in [7, 11) is 0. The molecule has 1 aliphatic rings. The molecular weight excluding hydrogens is 441 g/mol. The van der Waals surface area contributed by atoms with E-state index in [0.717, 1.165) is 0 Å². The Morgan fingerprint density at radius 2 is 1.70 bits per heavy atom. The first kappa shape index (κ1) is 19.9. The fourth-order valence-corrected chi connectivity index (χ4v) is 3.02. The highest BCUT2D eigenvalue weighted by molar-refractivity contribution is 14.1. The van der Waals surface area contributed by atoms with Crippen LogP contribution in [0.3, 0.4) is 0 Å². The third-order valence-electron chi connectivity index (χ3n) is 2.83. The van der Waals surface area contributed by atoms with E-state index in [1.165, 1.54) is 20.8 Å². The normalized spacial score (nSPS) is 29.8. The summed E-state index contributed by atoms with van der Waals surface area (Å²) < 4.78 is 20.6. The molecule has 1 rings (SSSR count). The summed E-state index contributed by atoms with van der Waals surface area (Å²) in [6, 6.07) is 0. The van der Waals surface area contributed by atoms with Crippen LogP contribution >= 0.6 is 34.8 Å². The van der Waals surface area contributed by atoms with Gasteiger partial charge in [0.1, 0.15) is 12.7 Å². The first-order valence-corrected chi connectivity index (χ1v) is 8.26. The molecule has 1 heterocycles. The molecule has 0 aliphatic carbocycles. The highest BCUT2D eigenvalue weighted by atomic mass is 127. The van der Waals surface area contributed by atoms with Crippen LogP contribution in [0.2, 0.25) is 0 Å². The number of hydrogen-bond acceptors (Lipinski definition) is 9. The molecule has 0 aromatic heterocycles. The lowest BCUT2D eigenvalue weighted by atomic mass is 10.0. The van der Waals surface area contributed by atoms with E-state index < -0.39 is 46.4 Å². The van der Waals surface area contributed by atoms with Gasteiger partial charge in [-0.25, -0.2) is 0 Å². The number of halogens is 1. The molecule has 0 unspecified atom stereocenters. The highest BCUT2D eigenvalue weighted by Crippen LogP contribution is 2.32. The minimum absolute atomic E-state index is 0.183. The van der Waals surface area contributed by atoms with Crippen LogP contribution in [0.1, 0.15) is 20.8 Å². The van der Waals surface area contributed by atoms with Crippen LogP contribution in [0.4, 0.5) is 0 Å². The molecule has 10 heteroatoms. The molecule has 1 saturated heterocycles. The Hall–Kier alpha value is -1.10. The summed E-state index contributed by atoms with van der Waals surface area (Å²) in [5, 5.41) is 2.21. The number of alkyl halides is 1. The molecule has 0 N–H and O–H groups in total. The number of ether oxygens (including phenoxy) is 4. The molecule has 0 spiro atoms. The van der Waals surface area contributed by atoms with Crippen molar-refractivity contribution in [2.45, 2.75) is 49.2 Å². The van der Waals surface area contributed by atoms with Crippen molar-refractivity contribution in [3.8, 4) is 0 Å². The molecule has 5 atom stereocenters. The number of isothiocyanates is 1. The lowest BCUT2D eigenvalue weighted by molar-refractivity contribution is -0.209. The van der Waals surface area contributed by atoms with Crippen LogP contribution in [0.5, 0.6) is 0 Å². The first-order chi connectivity index (χ1) is 10.8. The van der Waals surface area contributed by atoms with E-state index >= 15 is 0 Å². The second kappa shape index (κ2) is 9.26. The Labute approximate surface area is 152 Å². The molecule has 128 valence electrons. The van der Waals surface area contributed by atoms with E-state index in [1.807, 2.05) is 22.6 Å². The van der Waals surface area contributed by atoms with Gasteiger partial charge in [0.2, 0.25) is 0 Å². The largest absolute Gasteiger partial charge is 0.463 e. The number of carbonyl (C=O) groups is 3. The van der Waals surface area contributed by atoms with Crippen molar-refractivity contribution in [1.29, 1.82) is 0 Å². The Bertz CT molecular complexity index is 522. The molecule has 0 aromatic rings. The predicted molar refractivity (Wildman–Crippen MR) is 89.2 cm³/mol. The van der Waals surface area contributed by atoms with Crippen LogP contribution in [-0.2, 0) is 33.3 Å². The summed E-state index contributed by atoms with van der Waals surface area (Å²) in [5.74, 6) is -1.65. The summed E-state index contributed by atoms with van der Waals surface area (Å²) in [4.78, 5) is 37.6. The zero-order valence-corrected chi connectivity index (χ0v) is 15.7. The molecule has 0 aromatic carbocycles. The van der Waals surface area contributed by atoms with Gasteiger partial charge in [0.05, 0.1) is 9.09 Å². The molecule has 23 heavy (non-hydrogen) atoms. The van der Waals surface area contributed by atoms with Crippen LogP contribution < -0.4 is 0 Å². The minimum Gasteiger partial charge on any atom is -0.463 e. The van der Waals surface area contributed by atoms with Gasteiger partial charge in [-0.3, -0.25) is 14.4 Å². The van der Waals surface area contributed by atoms with Crippen molar-refractivity contribution in [3.05, 3.63) is 0 Å². The maximum atomic E-state index is 11.4. The van der Waals surface area contributed by atoms with E-state index in [-0.39, 0.29) is 6.61 Å². The average Bonchev–Trinajstić information content (AvgIpc) is 2.43. The Morgan fingerprint density at radius 3 is 2.17 bits per heavy atom. The quantitative estimate of drug-likeness (QED) is 0.151. The lowest BCUT2D eigenvalue weighted by Crippen LogP contribution is -2.58. The van der Waals surface area contributed by atoms with Gasteiger partial charge >= 0.3 is 17.9 Å². The molecule has 0 bridgehead atoms. The summed E-state index contributed by atoms with van der Waals surface area (Å²) >= 11 is 6.55. The number of aliphatic imine (C=N–C) groups is 1. The maximum Gasteiger partial charge on any atom is 0.303 e. The standard InChI is InChI=1S/C13H16INO7S/c1-6(16)19-4-9-11(20-7(2)17)12(21-8(3)18)10(14)13(22-9)15-5-23/h9-13H,4H2,1-3H3/t9-,10-,11-,12-,13-/m1/s1. The number of hydrogen-bond donors (Lipinski definition) is 0. The number of nitrogens with zero attached hydrogens (tertiary/aromatic N) is 1. The van der Waals surface area contributed by atoms with Crippen LogP contribution in [0.25, 0.3) is 0 Å². The van der Waals surface area contributed by atoms with Crippen molar-refractivity contribution in [2.24, 2.45) is 4.99 Å². The second-order valence-corrected chi connectivity index (χ2v) is 6.30. The van der Waals surface area contributed by atoms with E-state index in [2.05, 4.69) is 22.4 Å². The molecule has 0 radical (unpaired) electrons. The van der Waals surface area contributed by atoms with Crippen molar-refractivity contribution >= 4 is 57.9 Å². The first-order valence-electron chi connectivity index (χ1n) is 6.60. The van der Waals surface area contributed by atoms with Gasteiger partial charge in [-0.1, -0.05) is 22.6 Å². The zero-order chi connectivity index (χ0) is 17.6. The fourth-order valence-electron chi connectivity index (χ4n) is 2.03. The summed E-state index contributed by atoms with van der Waals surface area (Å²) in [6.07, 6.45) is -3.39. The van der Waals surface area contributed by atoms with Gasteiger partial charge in [0, 0.05) is 20.8 Å². The van der Waals surface area contributed by atoms with Crippen LogP contribution in [0, 0.1) is 0 Å². The van der Waals surface area contributed by atoms with E-state index in [9.17, 15) is 14.4 Å². The fraction of sp³-hybridized carbons (Fsp3) is 0.692. The minimum atomic E-state index is -0.936. The van der Waals surface area contributed by atoms with Gasteiger partial charge in [0.15, 0.2) is 18.4 Å². The number of rotatable bonds is 5. The molecule has 0 amide bonds. The number of carbonyl (C=O) groups excluding carboxylic acids is 3. The number of thiocarbonyl (C=S) groups is 1. The smallest absolute Gasteiger partial charge is 0.303 e. The van der Waals surface area contributed by atoms with Crippen molar-refractivity contribution in [3.63, 3.8) is 0 Å². The average molecular weight is 457 g/mol. The van der Waals surface area contributed by atoms with Gasteiger partial charge < -0.3 is 18.9 Å². The van der Waals surface area contributed by atoms with Crippen LogP contribution in [-0.4, -0.2) is 58.1 Å². The maximum absolute atomic E-state index is 11.4. The van der Waals surface area contributed by atoms with Gasteiger partial charge in [-0.05, 0) is 12.2 Å². The van der Waals surface area contributed by atoms with Crippen LogP contribution in [0.15, 0.2) is 4.99 Å². The Morgan fingerprint density at radius 1 is 1.13 bits per heavy atom. The highest BCUT2D eigenvalue weighted by Gasteiger charge is 2.49. The number of esters is 3. The van der Waals surface area contributed by atoms with Gasteiger partial charge in [0.25, 0.3) is 0 Å². The molecule has 1 aliphatic heterocycles. The third-order valence-corrected chi connectivity index (χ3v) is 4.26. The Balaban J connectivity index is 3.09.